The van der Waals surface area contributed by atoms with Crippen molar-refractivity contribution in [1.29, 1.82) is 0 Å². The molecule has 0 atom stereocenters. The highest BCUT2D eigenvalue weighted by Crippen LogP contribution is 2.36. The van der Waals surface area contributed by atoms with E-state index in [2.05, 4.69) is 13.6 Å². The maximum atomic E-state index is 10.2. The molecule has 0 saturated heterocycles. The Kier molecular flexibility index (Phi) is 35.1. The number of phosphoric ester groups is 3. The molecule has 0 heterocycles. The number of hydrogen-bond donors (Lipinski definition) is 6. The van der Waals surface area contributed by atoms with Gasteiger partial charge in [-0.25, -0.2) is 13.7 Å². The highest BCUT2D eigenvalue weighted by atomic mass is 127. The van der Waals surface area contributed by atoms with Gasteiger partial charge in [0.05, 0.1) is 63.4 Å². The molecule has 0 aliphatic carbocycles. The fourth-order valence-electron chi connectivity index (χ4n) is 1.30. The Morgan fingerprint density at radius 3 is 0.700 bits per heavy atom. The first-order valence-electron chi connectivity index (χ1n) is 11.6. The molecule has 0 spiro atoms. The number of halogens is 1. The summed E-state index contributed by atoms with van der Waals surface area (Å²) < 4.78 is 45.2. The Labute approximate surface area is 257 Å². The SMILES string of the molecule is CC[O-].CC[O-].C[N+](C)(C)CCOP(=O)(O)O.C[N+](C)(C)CCOP(=O)(O)O.C[N+](C)(C)CCOP(=O)(O)O.[I-]. The molecule has 0 aromatic carbocycles. The number of likely N-dealkylation sites (N-methyl/N-ethyl adjacent to an activating group) is 3. The molecule has 0 rings (SSSR count). The van der Waals surface area contributed by atoms with Crippen LogP contribution >= 0.6 is 23.5 Å². The highest BCUT2D eigenvalue weighted by Gasteiger charge is 2.17. The van der Waals surface area contributed by atoms with Crippen molar-refractivity contribution in [3.8, 4) is 0 Å². The second-order valence-corrected chi connectivity index (χ2v) is 14.3. The molecule has 0 aromatic rings. The number of rotatable bonds is 12. The van der Waals surface area contributed by atoms with Gasteiger partial charge in [0, 0.05) is 0 Å². The average molecular weight is 769 g/mol. The fraction of sp³-hybridized carbons (Fsp3) is 1.00. The van der Waals surface area contributed by atoms with Crippen molar-refractivity contribution in [3.63, 3.8) is 0 Å². The van der Waals surface area contributed by atoms with Crippen molar-refractivity contribution < 1.29 is 104 Å². The molecule has 0 aromatic heterocycles. The lowest BCUT2D eigenvalue weighted by atomic mass is 10.5. The molecule has 6 N–H and O–H groups in total. The molecular formula is C19H55IN3O14P3. The minimum Gasteiger partial charge on any atom is -1.00 e. The van der Waals surface area contributed by atoms with Gasteiger partial charge in [-0.2, -0.15) is 0 Å². The number of nitrogens with zero attached hydrogens (tertiary/aromatic N) is 3. The maximum Gasteiger partial charge on any atom is 0.469 e. The van der Waals surface area contributed by atoms with E-state index in [4.69, 9.17) is 39.6 Å². The van der Waals surface area contributed by atoms with Gasteiger partial charge in [-0.3, -0.25) is 13.6 Å². The summed E-state index contributed by atoms with van der Waals surface area (Å²) in [5, 5.41) is 17.9. The van der Waals surface area contributed by atoms with Crippen LogP contribution in [0.15, 0.2) is 0 Å². The summed E-state index contributed by atoms with van der Waals surface area (Å²) in [5.41, 5.74) is 0. The number of quaternary nitrogens is 3. The normalized spacial score (nSPS) is 12.1. The Hall–Kier alpha value is 0.860. The highest BCUT2D eigenvalue weighted by molar-refractivity contribution is 7.46. The average Bonchev–Trinajstić information content (AvgIpc) is 2.57. The predicted molar refractivity (Wildman–Crippen MR) is 144 cm³/mol. The molecule has 0 aliphatic rings. The molecule has 0 amide bonds. The molecule has 0 fully saturated rings. The van der Waals surface area contributed by atoms with Gasteiger partial charge in [0.2, 0.25) is 0 Å². The van der Waals surface area contributed by atoms with Crippen LogP contribution in [0.3, 0.4) is 0 Å². The Balaban J connectivity index is -0.0000000971. The second kappa shape index (κ2) is 26.3. The zero-order valence-electron chi connectivity index (χ0n) is 25.7. The topological polar surface area (TPSA) is 246 Å². The quantitative estimate of drug-likeness (QED) is 0.0620. The van der Waals surface area contributed by atoms with Crippen LogP contribution in [0.1, 0.15) is 13.8 Å². The third-order valence-corrected chi connectivity index (χ3v) is 4.62. The Morgan fingerprint density at radius 1 is 0.500 bits per heavy atom. The summed E-state index contributed by atoms with van der Waals surface area (Å²) in [6.45, 7) is 5.09. The van der Waals surface area contributed by atoms with E-state index in [0.717, 1.165) is 0 Å². The smallest absolute Gasteiger partial charge is 0.469 e. The van der Waals surface area contributed by atoms with Crippen LogP contribution in [-0.2, 0) is 27.3 Å². The molecule has 252 valence electrons. The maximum absolute atomic E-state index is 10.2. The fourth-order valence-corrected chi connectivity index (χ4v) is 2.26. The van der Waals surface area contributed by atoms with E-state index in [1.165, 1.54) is 0 Å². The molecule has 0 bridgehead atoms. The van der Waals surface area contributed by atoms with Crippen LogP contribution in [0, 0.1) is 0 Å². The van der Waals surface area contributed by atoms with E-state index in [1.807, 2.05) is 63.4 Å². The van der Waals surface area contributed by atoms with Crippen LogP contribution in [-0.4, -0.2) is 159 Å². The predicted octanol–water partition coefficient (Wildman–Crippen LogP) is -4.86. The monoisotopic (exact) mass is 769 g/mol. The first kappa shape index (κ1) is 53.4. The van der Waals surface area contributed by atoms with Gasteiger partial charge in [-0.1, -0.05) is 13.8 Å². The van der Waals surface area contributed by atoms with E-state index in [9.17, 15) is 13.7 Å². The van der Waals surface area contributed by atoms with E-state index in [1.54, 1.807) is 13.8 Å². The second-order valence-electron chi connectivity index (χ2n) is 10.6. The van der Waals surface area contributed by atoms with Gasteiger partial charge in [-0.05, 0) is 0 Å². The Bertz CT molecular complexity index is 607. The number of phosphoric acid groups is 3. The first-order chi connectivity index (χ1) is 16.9. The van der Waals surface area contributed by atoms with Crippen LogP contribution in [0.25, 0.3) is 0 Å². The van der Waals surface area contributed by atoms with Crippen molar-refractivity contribution >= 4 is 23.5 Å². The standard InChI is InChI=1S/3C5H14NO4P.2C2H5O.HI/c3*1-6(2,3)4-5-10-11(7,8)9;2*1-2-3;/h3*4-5H2,1-3H3,(H-,7,8,9);2*2H2,1H3;1H/q;;;2*-1;/p+2. The largest absolute Gasteiger partial charge is 1.00 e. The van der Waals surface area contributed by atoms with Gasteiger partial charge < -0.3 is 77.0 Å². The van der Waals surface area contributed by atoms with Crippen molar-refractivity contribution in [3.05, 3.63) is 0 Å². The summed E-state index contributed by atoms with van der Waals surface area (Å²) in [7, 11) is 4.49. The molecule has 0 radical (unpaired) electrons. The summed E-state index contributed by atoms with van der Waals surface area (Å²) in [6.07, 6.45) is 0. The molecule has 0 aliphatic heterocycles. The minimum absolute atomic E-state index is 0. The zero-order chi connectivity index (χ0) is 32.8. The molecule has 0 unspecified atom stereocenters. The number of hydrogen-bond acceptors (Lipinski definition) is 8. The summed E-state index contributed by atoms with van der Waals surface area (Å²) in [4.78, 5) is 49.8. The van der Waals surface area contributed by atoms with Crippen molar-refractivity contribution in [1.82, 2.24) is 0 Å². The summed E-state index contributed by atoms with van der Waals surface area (Å²) >= 11 is 0. The lowest BCUT2D eigenvalue weighted by Crippen LogP contribution is -3.00. The van der Waals surface area contributed by atoms with Gasteiger partial charge in [0.25, 0.3) is 0 Å². The van der Waals surface area contributed by atoms with Crippen LogP contribution in [0.2, 0.25) is 0 Å². The molecule has 0 saturated carbocycles. The van der Waals surface area contributed by atoms with Gasteiger partial charge in [0.1, 0.15) is 39.5 Å². The van der Waals surface area contributed by atoms with Crippen LogP contribution < -0.4 is 34.2 Å². The first-order valence-corrected chi connectivity index (χ1v) is 16.2. The van der Waals surface area contributed by atoms with Gasteiger partial charge in [-0.15, -0.1) is 13.2 Å². The van der Waals surface area contributed by atoms with Crippen LogP contribution in [0.4, 0.5) is 0 Å². The Morgan fingerprint density at radius 2 is 0.625 bits per heavy atom. The van der Waals surface area contributed by atoms with E-state index >= 15 is 0 Å². The molecule has 17 nitrogen and oxygen atoms in total. The van der Waals surface area contributed by atoms with Crippen molar-refractivity contribution in [2.45, 2.75) is 13.8 Å². The zero-order valence-corrected chi connectivity index (χ0v) is 30.5. The summed E-state index contributed by atoms with van der Waals surface area (Å²) in [6, 6.07) is 0. The molecular weight excluding hydrogens is 714 g/mol. The minimum atomic E-state index is -4.26. The molecule has 40 heavy (non-hydrogen) atoms. The van der Waals surface area contributed by atoms with Crippen molar-refractivity contribution in [2.75, 3.05) is 116 Å². The van der Waals surface area contributed by atoms with Gasteiger partial charge in [0.15, 0.2) is 0 Å². The summed E-state index contributed by atoms with van der Waals surface area (Å²) in [5.74, 6) is 0. The third-order valence-electron chi connectivity index (χ3n) is 3.06. The molecule has 21 heteroatoms. The third kappa shape index (κ3) is 90.1. The van der Waals surface area contributed by atoms with Crippen molar-refractivity contribution in [2.24, 2.45) is 0 Å². The van der Waals surface area contributed by atoms with E-state index < -0.39 is 23.5 Å². The van der Waals surface area contributed by atoms with E-state index in [-0.39, 0.29) is 57.0 Å². The van der Waals surface area contributed by atoms with E-state index in [0.29, 0.717) is 33.1 Å². The lowest BCUT2D eigenvalue weighted by molar-refractivity contribution is -0.870. The lowest BCUT2D eigenvalue weighted by Gasteiger charge is -2.23. The van der Waals surface area contributed by atoms with Gasteiger partial charge >= 0.3 is 23.5 Å². The van der Waals surface area contributed by atoms with Crippen LogP contribution in [0.5, 0.6) is 0 Å².